The first kappa shape index (κ1) is 24.7. The minimum Gasteiger partial charge on any atom is -0.333 e. The summed E-state index contributed by atoms with van der Waals surface area (Å²) in [6, 6.07) is 13.2. The second-order valence-electron chi connectivity index (χ2n) is 8.97. The summed E-state index contributed by atoms with van der Waals surface area (Å²) < 4.78 is 1.71. The van der Waals surface area contributed by atoms with Gasteiger partial charge in [0.05, 0.1) is 22.6 Å². The van der Waals surface area contributed by atoms with E-state index in [9.17, 15) is 9.59 Å². The maximum absolute atomic E-state index is 13.7. The molecule has 0 aliphatic heterocycles. The molecule has 176 valence electrons. The fourth-order valence-electron chi connectivity index (χ4n) is 4.67. The lowest BCUT2D eigenvalue weighted by Gasteiger charge is -2.32. The van der Waals surface area contributed by atoms with Gasteiger partial charge in [-0.3, -0.25) is 14.2 Å². The normalized spacial score (nSPS) is 13.2. The van der Waals surface area contributed by atoms with Gasteiger partial charge in [0.1, 0.15) is 5.82 Å². The van der Waals surface area contributed by atoms with Gasteiger partial charge in [0, 0.05) is 12.5 Å². The van der Waals surface area contributed by atoms with Gasteiger partial charge in [-0.05, 0) is 64.3 Å². The molecule has 0 fully saturated rings. The van der Waals surface area contributed by atoms with Crippen LogP contribution in [0, 0.1) is 19.8 Å². The molecule has 3 rings (SSSR count). The van der Waals surface area contributed by atoms with Crippen LogP contribution in [0.5, 0.6) is 0 Å². The van der Waals surface area contributed by atoms with Crippen molar-refractivity contribution in [2.24, 2.45) is 5.92 Å². The number of unbranched alkanes of at least 4 members (excludes halogenated alkanes) is 1. The van der Waals surface area contributed by atoms with Crippen LogP contribution in [0.25, 0.3) is 16.6 Å². The fraction of sp³-hybridized carbons (Fsp3) is 0.464. The first-order chi connectivity index (χ1) is 15.8. The van der Waals surface area contributed by atoms with E-state index in [1.54, 1.807) is 4.57 Å². The second kappa shape index (κ2) is 10.8. The average molecular weight is 448 g/mol. The second-order valence-corrected chi connectivity index (χ2v) is 8.97. The lowest BCUT2D eigenvalue weighted by Crippen LogP contribution is -2.40. The van der Waals surface area contributed by atoms with Gasteiger partial charge in [-0.15, -0.1) is 0 Å². The van der Waals surface area contributed by atoms with Crippen LogP contribution in [0.4, 0.5) is 0 Å². The van der Waals surface area contributed by atoms with Crippen LogP contribution in [0.15, 0.2) is 47.3 Å². The maximum atomic E-state index is 13.7. The van der Waals surface area contributed by atoms with E-state index in [2.05, 4.69) is 19.9 Å². The molecule has 1 aromatic heterocycles. The third-order valence-electron chi connectivity index (χ3n) is 6.61. The Bertz CT molecular complexity index is 1180. The highest BCUT2D eigenvalue weighted by Gasteiger charge is 2.29. The number of aryl methyl sites for hydroxylation is 2. The highest BCUT2D eigenvalue weighted by molar-refractivity contribution is 5.80. The van der Waals surface area contributed by atoms with Crippen molar-refractivity contribution in [1.82, 2.24) is 14.5 Å². The van der Waals surface area contributed by atoms with Gasteiger partial charge in [0.25, 0.3) is 5.56 Å². The highest BCUT2D eigenvalue weighted by Crippen LogP contribution is 2.27. The number of fused-ring (bicyclic) bond motifs is 1. The van der Waals surface area contributed by atoms with Gasteiger partial charge in [-0.2, -0.15) is 0 Å². The third-order valence-corrected chi connectivity index (χ3v) is 6.61. The SMILES string of the molecule is CCCCC(CC)C(=O)N(CC)C(C)c1nc2ccccc2c(=O)n1-c1ccc(C)cc1C. The van der Waals surface area contributed by atoms with Gasteiger partial charge in [-0.1, -0.05) is 56.5 Å². The summed E-state index contributed by atoms with van der Waals surface area (Å²) in [5.41, 5.74) is 3.51. The summed E-state index contributed by atoms with van der Waals surface area (Å²) in [7, 11) is 0. The zero-order valence-corrected chi connectivity index (χ0v) is 20.9. The number of benzene rings is 2. The molecule has 1 heterocycles. The molecule has 0 saturated carbocycles. The smallest absolute Gasteiger partial charge is 0.266 e. The Hall–Kier alpha value is -2.95. The number of rotatable bonds is 9. The Morgan fingerprint density at radius 3 is 2.45 bits per heavy atom. The molecule has 2 atom stereocenters. The lowest BCUT2D eigenvalue weighted by molar-refractivity contribution is -0.138. The first-order valence-electron chi connectivity index (χ1n) is 12.2. The van der Waals surface area contributed by atoms with Crippen molar-refractivity contribution in [3.8, 4) is 5.69 Å². The van der Waals surface area contributed by atoms with Crippen LogP contribution in [0.2, 0.25) is 0 Å². The van der Waals surface area contributed by atoms with Crippen LogP contribution >= 0.6 is 0 Å². The van der Waals surface area contributed by atoms with Gasteiger partial charge in [0.2, 0.25) is 5.91 Å². The van der Waals surface area contributed by atoms with E-state index in [4.69, 9.17) is 4.98 Å². The molecule has 1 amide bonds. The zero-order chi connectivity index (χ0) is 24.1. The molecule has 0 saturated heterocycles. The molecule has 2 aromatic carbocycles. The molecule has 5 heteroatoms. The Balaban J connectivity index is 2.19. The molecular formula is C28H37N3O2. The van der Waals surface area contributed by atoms with E-state index in [0.29, 0.717) is 23.3 Å². The van der Waals surface area contributed by atoms with Gasteiger partial charge in [0.15, 0.2) is 0 Å². The largest absolute Gasteiger partial charge is 0.333 e. The highest BCUT2D eigenvalue weighted by atomic mass is 16.2. The topological polar surface area (TPSA) is 55.2 Å². The Morgan fingerprint density at radius 1 is 1.09 bits per heavy atom. The van der Waals surface area contributed by atoms with E-state index in [1.165, 1.54) is 0 Å². The Kier molecular flexibility index (Phi) is 8.06. The molecule has 33 heavy (non-hydrogen) atoms. The Morgan fingerprint density at radius 2 is 1.82 bits per heavy atom. The number of amides is 1. The van der Waals surface area contributed by atoms with Crippen molar-refractivity contribution in [1.29, 1.82) is 0 Å². The van der Waals surface area contributed by atoms with Crippen molar-refractivity contribution in [3.05, 3.63) is 69.8 Å². The van der Waals surface area contributed by atoms with Crippen molar-refractivity contribution < 1.29 is 4.79 Å². The maximum Gasteiger partial charge on any atom is 0.266 e. The minimum absolute atomic E-state index is 0.00547. The number of para-hydroxylation sites is 1. The number of hydrogen-bond acceptors (Lipinski definition) is 3. The summed E-state index contributed by atoms with van der Waals surface area (Å²) in [4.78, 5) is 34.1. The third kappa shape index (κ3) is 5.02. The first-order valence-corrected chi connectivity index (χ1v) is 12.2. The summed E-state index contributed by atoms with van der Waals surface area (Å²) in [5, 5.41) is 0.581. The number of carbonyl (C=O) groups is 1. The standard InChI is InChI=1S/C28H37N3O2/c1-7-10-13-22(8-2)27(32)30(9-3)21(6)26-29-24-15-12-11-14-23(24)28(33)31(26)25-17-16-19(4)18-20(25)5/h11-12,14-18,21-22H,7-10,13H2,1-6H3. The van der Waals surface area contributed by atoms with Crippen molar-refractivity contribution in [3.63, 3.8) is 0 Å². The number of carbonyl (C=O) groups excluding carboxylic acids is 1. The minimum atomic E-state index is -0.337. The van der Waals surface area contributed by atoms with Gasteiger partial charge < -0.3 is 4.90 Å². The van der Waals surface area contributed by atoms with E-state index >= 15 is 0 Å². The monoisotopic (exact) mass is 447 g/mol. The van der Waals surface area contributed by atoms with Crippen LogP contribution in [-0.4, -0.2) is 26.9 Å². The molecular weight excluding hydrogens is 410 g/mol. The molecule has 0 aliphatic rings. The average Bonchev–Trinajstić information content (AvgIpc) is 2.80. The molecule has 5 nitrogen and oxygen atoms in total. The lowest BCUT2D eigenvalue weighted by atomic mass is 9.97. The fourth-order valence-corrected chi connectivity index (χ4v) is 4.67. The van der Waals surface area contributed by atoms with Crippen molar-refractivity contribution in [2.45, 2.75) is 73.3 Å². The number of hydrogen-bond donors (Lipinski definition) is 0. The van der Waals surface area contributed by atoms with Crippen LogP contribution < -0.4 is 5.56 Å². The van der Waals surface area contributed by atoms with Crippen LogP contribution in [-0.2, 0) is 4.79 Å². The predicted molar refractivity (Wildman–Crippen MR) is 136 cm³/mol. The van der Waals surface area contributed by atoms with E-state index < -0.39 is 0 Å². The summed E-state index contributed by atoms with van der Waals surface area (Å²) in [6.07, 6.45) is 3.82. The molecule has 0 bridgehead atoms. The summed E-state index contributed by atoms with van der Waals surface area (Å²) in [6.45, 7) is 12.8. The summed E-state index contributed by atoms with van der Waals surface area (Å²) >= 11 is 0. The van der Waals surface area contributed by atoms with Gasteiger partial charge in [-0.25, -0.2) is 4.98 Å². The number of nitrogens with zero attached hydrogens (tertiary/aromatic N) is 3. The van der Waals surface area contributed by atoms with E-state index in [-0.39, 0.29) is 23.4 Å². The molecule has 0 N–H and O–H groups in total. The molecule has 2 unspecified atom stereocenters. The van der Waals surface area contributed by atoms with Crippen molar-refractivity contribution >= 4 is 16.8 Å². The molecule has 0 spiro atoms. The van der Waals surface area contributed by atoms with Crippen LogP contribution in [0.3, 0.4) is 0 Å². The van der Waals surface area contributed by atoms with Gasteiger partial charge >= 0.3 is 0 Å². The zero-order valence-electron chi connectivity index (χ0n) is 20.9. The van der Waals surface area contributed by atoms with E-state index in [0.717, 1.165) is 42.5 Å². The predicted octanol–water partition coefficient (Wildman–Crippen LogP) is 6.13. The Labute approximate surface area is 197 Å². The van der Waals surface area contributed by atoms with Crippen LogP contribution in [0.1, 0.15) is 76.4 Å². The molecule has 3 aromatic rings. The molecule has 0 aliphatic carbocycles. The quantitative estimate of drug-likeness (QED) is 0.396. The number of aromatic nitrogens is 2. The molecule has 0 radical (unpaired) electrons. The summed E-state index contributed by atoms with van der Waals surface area (Å²) in [5.74, 6) is 0.746. The van der Waals surface area contributed by atoms with Crippen molar-refractivity contribution in [2.75, 3.05) is 6.54 Å². The van der Waals surface area contributed by atoms with E-state index in [1.807, 2.05) is 69.0 Å².